The van der Waals surface area contributed by atoms with Gasteiger partial charge in [0.2, 0.25) is 0 Å². The Morgan fingerprint density at radius 1 is 1.36 bits per heavy atom. The van der Waals surface area contributed by atoms with Crippen LogP contribution in [0.4, 0.5) is 5.13 Å². The van der Waals surface area contributed by atoms with E-state index in [1.54, 1.807) is 23.7 Å². The van der Waals surface area contributed by atoms with Crippen LogP contribution in [-0.4, -0.2) is 36.1 Å². The number of amides is 1. The summed E-state index contributed by atoms with van der Waals surface area (Å²) < 4.78 is 23.1. The molecular formula is C14H14N2O3S3. The van der Waals surface area contributed by atoms with Crippen LogP contribution in [-0.2, 0) is 9.84 Å². The highest BCUT2D eigenvalue weighted by molar-refractivity contribution is 8.02. The third kappa shape index (κ3) is 3.68. The average molecular weight is 354 g/mol. The summed E-state index contributed by atoms with van der Waals surface area (Å²) in [4.78, 5) is 17.2. The fraction of sp³-hybridized carbons (Fsp3) is 0.286. The van der Waals surface area contributed by atoms with Gasteiger partial charge in [-0.3, -0.25) is 10.1 Å². The van der Waals surface area contributed by atoms with Crippen LogP contribution in [0, 0.1) is 0 Å². The lowest BCUT2D eigenvalue weighted by Crippen LogP contribution is -2.14. The van der Waals surface area contributed by atoms with Crippen LogP contribution >= 0.6 is 23.1 Å². The largest absolute Gasteiger partial charge is 0.298 e. The van der Waals surface area contributed by atoms with Crippen molar-refractivity contribution in [3.63, 3.8) is 0 Å². The maximum atomic E-state index is 12.4. The number of carbonyl (C=O) groups excluding carboxylic acids is 1. The number of thioether (sulfide) groups is 1. The number of anilines is 1. The maximum absolute atomic E-state index is 12.4. The number of rotatable bonds is 4. The minimum absolute atomic E-state index is 0.0128. The molecule has 1 aliphatic rings. The molecule has 3 rings (SSSR count). The van der Waals surface area contributed by atoms with Gasteiger partial charge in [0, 0.05) is 21.7 Å². The minimum Gasteiger partial charge on any atom is -0.298 e. The van der Waals surface area contributed by atoms with Gasteiger partial charge < -0.3 is 0 Å². The number of benzene rings is 1. The van der Waals surface area contributed by atoms with Crippen LogP contribution in [0.3, 0.4) is 0 Å². The molecule has 0 bridgehead atoms. The van der Waals surface area contributed by atoms with Crippen molar-refractivity contribution in [2.45, 2.75) is 16.6 Å². The molecule has 0 saturated carbocycles. The van der Waals surface area contributed by atoms with Crippen LogP contribution in [0.1, 0.15) is 16.8 Å². The van der Waals surface area contributed by atoms with E-state index in [9.17, 15) is 13.2 Å². The molecule has 8 heteroatoms. The molecule has 22 heavy (non-hydrogen) atoms. The molecule has 1 aliphatic heterocycles. The Morgan fingerprint density at radius 3 is 2.86 bits per heavy atom. The molecule has 0 unspecified atom stereocenters. The van der Waals surface area contributed by atoms with E-state index in [0.29, 0.717) is 17.1 Å². The summed E-state index contributed by atoms with van der Waals surface area (Å²) >= 11 is 2.82. The summed E-state index contributed by atoms with van der Waals surface area (Å²) in [5.41, 5.74) is 0.548. The quantitative estimate of drug-likeness (QED) is 0.913. The van der Waals surface area contributed by atoms with E-state index in [1.165, 1.54) is 23.1 Å². The molecule has 5 nitrogen and oxygen atoms in total. The molecule has 0 radical (unpaired) electrons. The van der Waals surface area contributed by atoms with Crippen molar-refractivity contribution < 1.29 is 13.2 Å². The van der Waals surface area contributed by atoms with Crippen molar-refractivity contribution in [3.05, 3.63) is 41.4 Å². The lowest BCUT2D eigenvalue weighted by Gasteiger charge is -2.11. The number of aromatic nitrogens is 1. The fourth-order valence-corrected chi connectivity index (χ4v) is 6.39. The molecule has 1 amide bonds. The van der Waals surface area contributed by atoms with Gasteiger partial charge in [0.05, 0.1) is 17.1 Å². The van der Waals surface area contributed by atoms with E-state index in [2.05, 4.69) is 10.3 Å². The standard InChI is InChI=1S/C14H14N2O3S3/c17-13(16-14-15-6-7-20-14)11-3-1-2-4-12(11)21-10-5-8-22(18,19)9-10/h1-4,6-7,10H,5,8-9H2,(H,15,16,17)/t10-/m1/s1. The Hall–Kier alpha value is -1.38. The second-order valence-electron chi connectivity index (χ2n) is 4.93. The molecule has 0 spiro atoms. The summed E-state index contributed by atoms with van der Waals surface area (Å²) in [7, 11) is -2.92. The summed E-state index contributed by atoms with van der Waals surface area (Å²) in [5, 5.41) is 5.11. The van der Waals surface area contributed by atoms with Gasteiger partial charge in [-0.15, -0.1) is 23.1 Å². The molecule has 0 aliphatic carbocycles. The molecule has 1 N–H and O–H groups in total. The maximum Gasteiger partial charge on any atom is 0.258 e. The first-order valence-electron chi connectivity index (χ1n) is 6.70. The lowest BCUT2D eigenvalue weighted by atomic mass is 10.2. The first-order chi connectivity index (χ1) is 10.5. The van der Waals surface area contributed by atoms with Gasteiger partial charge in [-0.05, 0) is 18.6 Å². The first kappa shape index (κ1) is 15.5. The van der Waals surface area contributed by atoms with Crippen LogP contribution < -0.4 is 5.32 Å². The number of nitrogens with one attached hydrogen (secondary N) is 1. The van der Waals surface area contributed by atoms with Gasteiger partial charge in [0.15, 0.2) is 15.0 Å². The zero-order valence-electron chi connectivity index (χ0n) is 11.6. The fourth-order valence-electron chi connectivity index (χ4n) is 2.24. The van der Waals surface area contributed by atoms with Gasteiger partial charge in [0.1, 0.15) is 0 Å². The lowest BCUT2D eigenvalue weighted by molar-refractivity contribution is 0.102. The third-order valence-electron chi connectivity index (χ3n) is 3.27. The topological polar surface area (TPSA) is 76.1 Å². The van der Waals surface area contributed by atoms with E-state index in [-0.39, 0.29) is 22.7 Å². The molecule has 1 atom stereocenters. The number of carbonyl (C=O) groups is 1. The zero-order valence-corrected chi connectivity index (χ0v) is 14.0. The van der Waals surface area contributed by atoms with Crippen LogP contribution in [0.5, 0.6) is 0 Å². The van der Waals surface area contributed by atoms with Crippen molar-refractivity contribution in [1.82, 2.24) is 4.98 Å². The molecule has 1 fully saturated rings. The van der Waals surface area contributed by atoms with Gasteiger partial charge in [0.25, 0.3) is 5.91 Å². The summed E-state index contributed by atoms with van der Waals surface area (Å²) in [5.74, 6) is 0.192. The second kappa shape index (κ2) is 6.39. The highest BCUT2D eigenvalue weighted by atomic mass is 32.2. The number of hydrogen-bond acceptors (Lipinski definition) is 6. The normalized spacial score (nSPS) is 19.9. The number of thiazole rings is 1. The number of hydrogen-bond donors (Lipinski definition) is 1. The van der Waals surface area contributed by atoms with E-state index in [1.807, 2.05) is 12.1 Å². The van der Waals surface area contributed by atoms with Crippen molar-refractivity contribution in [2.24, 2.45) is 0 Å². The van der Waals surface area contributed by atoms with Crippen LogP contribution in [0.15, 0.2) is 40.7 Å². The summed E-state index contributed by atoms with van der Waals surface area (Å²) in [6, 6.07) is 7.25. The Balaban J connectivity index is 1.76. The van der Waals surface area contributed by atoms with Crippen LogP contribution in [0.25, 0.3) is 0 Å². The van der Waals surface area contributed by atoms with E-state index in [4.69, 9.17) is 0 Å². The molecule has 1 saturated heterocycles. The number of nitrogens with zero attached hydrogens (tertiary/aromatic N) is 1. The molecular weight excluding hydrogens is 340 g/mol. The Labute approximate surface area is 137 Å². The molecule has 1 aromatic heterocycles. The Bertz CT molecular complexity index is 772. The first-order valence-corrected chi connectivity index (χ1v) is 10.3. The van der Waals surface area contributed by atoms with Crippen molar-refractivity contribution in [1.29, 1.82) is 0 Å². The Kier molecular flexibility index (Phi) is 4.51. The molecule has 1 aromatic carbocycles. The smallest absolute Gasteiger partial charge is 0.258 e. The van der Waals surface area contributed by atoms with Gasteiger partial charge in [-0.1, -0.05) is 12.1 Å². The van der Waals surface area contributed by atoms with E-state index in [0.717, 1.165) is 4.90 Å². The van der Waals surface area contributed by atoms with Gasteiger partial charge >= 0.3 is 0 Å². The Morgan fingerprint density at radius 2 is 2.18 bits per heavy atom. The molecule has 2 aromatic rings. The summed E-state index contributed by atoms with van der Waals surface area (Å²) in [6.07, 6.45) is 2.26. The van der Waals surface area contributed by atoms with E-state index < -0.39 is 9.84 Å². The predicted octanol–water partition coefficient (Wildman–Crippen LogP) is 2.67. The summed E-state index contributed by atoms with van der Waals surface area (Å²) in [6.45, 7) is 0. The third-order valence-corrected chi connectivity index (χ3v) is 7.28. The van der Waals surface area contributed by atoms with Gasteiger partial charge in [-0.25, -0.2) is 13.4 Å². The highest BCUT2D eigenvalue weighted by Gasteiger charge is 2.29. The van der Waals surface area contributed by atoms with Crippen molar-refractivity contribution in [2.75, 3.05) is 16.8 Å². The van der Waals surface area contributed by atoms with Gasteiger partial charge in [-0.2, -0.15) is 0 Å². The zero-order chi connectivity index (χ0) is 15.6. The minimum atomic E-state index is -2.92. The van der Waals surface area contributed by atoms with Crippen LogP contribution in [0.2, 0.25) is 0 Å². The predicted molar refractivity (Wildman–Crippen MR) is 89.4 cm³/mol. The molecule has 2 heterocycles. The van der Waals surface area contributed by atoms with Crippen molar-refractivity contribution in [3.8, 4) is 0 Å². The monoisotopic (exact) mass is 354 g/mol. The SMILES string of the molecule is O=C(Nc1nccs1)c1ccccc1S[C@@H]1CCS(=O)(=O)C1. The van der Waals surface area contributed by atoms with E-state index >= 15 is 0 Å². The molecule has 116 valence electrons. The van der Waals surface area contributed by atoms with Crippen molar-refractivity contribution >= 4 is 44.0 Å². The highest BCUT2D eigenvalue weighted by Crippen LogP contribution is 2.33. The second-order valence-corrected chi connectivity index (χ2v) is 9.40. The number of sulfone groups is 1. The average Bonchev–Trinajstić information content (AvgIpc) is 3.09.